The molecule has 1 aliphatic heterocycles. The Labute approximate surface area is 161 Å². The zero-order valence-electron chi connectivity index (χ0n) is 15.3. The molecule has 0 bridgehead atoms. The number of ether oxygens (including phenoxy) is 3. The molecule has 1 aliphatic rings. The minimum absolute atomic E-state index is 0.00888. The van der Waals surface area contributed by atoms with E-state index >= 15 is 0 Å². The van der Waals surface area contributed by atoms with Crippen LogP contribution in [0.15, 0.2) is 43.0 Å². The molecular formula is C21H20O7. The van der Waals surface area contributed by atoms with Crippen molar-refractivity contribution in [3.63, 3.8) is 0 Å². The van der Waals surface area contributed by atoms with Crippen LogP contribution < -0.4 is 14.2 Å². The van der Waals surface area contributed by atoms with E-state index in [1.165, 1.54) is 13.2 Å². The number of allylic oxidation sites excluding steroid dienone is 2. The van der Waals surface area contributed by atoms with Gasteiger partial charge in [0.25, 0.3) is 0 Å². The van der Waals surface area contributed by atoms with Crippen molar-refractivity contribution < 1.29 is 34.3 Å². The fourth-order valence-electron chi connectivity index (χ4n) is 2.97. The minimum Gasteiger partial charge on any atom is -0.507 e. The molecule has 7 heteroatoms. The maximum absolute atomic E-state index is 10.8. The molecule has 0 saturated heterocycles. The lowest BCUT2D eigenvalue weighted by atomic mass is 9.98. The number of carboxylic acid groups (broad SMARTS) is 1. The average Bonchev–Trinajstić information content (AvgIpc) is 2.68. The van der Waals surface area contributed by atoms with Crippen LogP contribution in [0.3, 0.4) is 0 Å². The Hall–Kier alpha value is -3.61. The van der Waals surface area contributed by atoms with Crippen molar-refractivity contribution in [3.05, 3.63) is 59.7 Å². The fraction of sp³-hybridized carbons (Fsp3) is 0.190. The average molecular weight is 384 g/mol. The van der Waals surface area contributed by atoms with E-state index in [-0.39, 0.29) is 17.2 Å². The minimum atomic E-state index is -1.10. The van der Waals surface area contributed by atoms with Crippen molar-refractivity contribution in [1.29, 1.82) is 0 Å². The molecule has 0 spiro atoms. The standard InChI is InChI=1S/C21H20O7/c1-3-4-13-15(22)10-18-14(21(13)25)6-8-16(28-18)12-5-7-17(26-2)19(9-12)27-11-20(23)24/h3,5,7-10,22,25H,1,4,6,11H2,2H3,(H,23,24). The van der Waals surface area contributed by atoms with E-state index in [0.717, 1.165) is 0 Å². The van der Waals surface area contributed by atoms with Gasteiger partial charge < -0.3 is 29.5 Å². The highest BCUT2D eigenvalue weighted by Gasteiger charge is 2.22. The number of fused-ring (bicyclic) bond motifs is 1. The molecular weight excluding hydrogens is 364 g/mol. The Balaban J connectivity index is 1.92. The molecule has 0 fully saturated rings. The summed E-state index contributed by atoms with van der Waals surface area (Å²) in [5.41, 5.74) is 1.62. The molecule has 0 unspecified atom stereocenters. The first-order valence-corrected chi connectivity index (χ1v) is 8.53. The first kappa shape index (κ1) is 19.2. The molecule has 0 aliphatic carbocycles. The van der Waals surface area contributed by atoms with Gasteiger partial charge in [0.2, 0.25) is 0 Å². The van der Waals surface area contributed by atoms with Crippen LogP contribution in [0.2, 0.25) is 0 Å². The number of benzene rings is 2. The summed E-state index contributed by atoms with van der Waals surface area (Å²) in [6, 6.07) is 6.47. The van der Waals surface area contributed by atoms with Crippen LogP contribution in [-0.2, 0) is 17.6 Å². The van der Waals surface area contributed by atoms with Gasteiger partial charge in [0.15, 0.2) is 18.1 Å². The summed E-state index contributed by atoms with van der Waals surface area (Å²) < 4.78 is 16.3. The Kier molecular flexibility index (Phi) is 5.44. The van der Waals surface area contributed by atoms with Gasteiger partial charge in [0.1, 0.15) is 23.0 Å². The van der Waals surface area contributed by atoms with Gasteiger partial charge in [-0.1, -0.05) is 6.08 Å². The highest BCUT2D eigenvalue weighted by Crippen LogP contribution is 2.43. The monoisotopic (exact) mass is 384 g/mol. The highest BCUT2D eigenvalue weighted by atomic mass is 16.5. The quantitative estimate of drug-likeness (QED) is 0.629. The third-order valence-corrected chi connectivity index (χ3v) is 4.31. The maximum atomic E-state index is 10.8. The van der Waals surface area contributed by atoms with E-state index in [1.54, 1.807) is 30.4 Å². The lowest BCUT2D eigenvalue weighted by molar-refractivity contribution is -0.139. The van der Waals surface area contributed by atoms with Crippen LogP contribution in [-0.4, -0.2) is 35.0 Å². The van der Waals surface area contributed by atoms with Crippen LogP contribution in [0, 0.1) is 0 Å². The largest absolute Gasteiger partial charge is 0.507 e. The van der Waals surface area contributed by atoms with Crippen LogP contribution in [0.1, 0.15) is 16.7 Å². The summed E-state index contributed by atoms with van der Waals surface area (Å²) in [4.78, 5) is 10.8. The summed E-state index contributed by atoms with van der Waals surface area (Å²) >= 11 is 0. The SMILES string of the molecule is C=CCc1c(O)cc2c(c1O)CC=C(c1ccc(OC)c(OCC(=O)O)c1)O2. The molecule has 0 aromatic heterocycles. The van der Waals surface area contributed by atoms with Gasteiger partial charge in [0.05, 0.1) is 7.11 Å². The number of phenolic OH excluding ortho intramolecular Hbond substituents is 2. The molecule has 0 atom stereocenters. The third-order valence-electron chi connectivity index (χ3n) is 4.31. The molecule has 0 amide bonds. The van der Waals surface area contributed by atoms with E-state index in [0.29, 0.717) is 46.8 Å². The van der Waals surface area contributed by atoms with Gasteiger partial charge in [-0.15, -0.1) is 6.58 Å². The summed E-state index contributed by atoms with van der Waals surface area (Å²) in [6.07, 6.45) is 4.13. The summed E-state index contributed by atoms with van der Waals surface area (Å²) in [5, 5.41) is 29.4. The number of hydrogen-bond donors (Lipinski definition) is 3. The summed E-state index contributed by atoms with van der Waals surface area (Å²) in [7, 11) is 1.46. The Morgan fingerprint density at radius 1 is 1.29 bits per heavy atom. The fourth-order valence-corrected chi connectivity index (χ4v) is 2.97. The number of rotatable bonds is 7. The number of phenols is 2. The molecule has 2 aromatic rings. The van der Waals surface area contributed by atoms with Crippen molar-refractivity contribution >= 4 is 11.7 Å². The number of carboxylic acids is 1. The molecule has 0 radical (unpaired) electrons. The molecule has 3 N–H and O–H groups in total. The summed E-state index contributed by atoms with van der Waals surface area (Å²) in [6.45, 7) is 3.12. The van der Waals surface area contributed by atoms with E-state index in [9.17, 15) is 15.0 Å². The van der Waals surface area contributed by atoms with Gasteiger partial charge in [0, 0.05) is 29.2 Å². The van der Waals surface area contributed by atoms with Gasteiger partial charge in [-0.25, -0.2) is 4.79 Å². The lowest BCUT2D eigenvalue weighted by Crippen LogP contribution is -2.10. The van der Waals surface area contributed by atoms with Gasteiger partial charge in [-0.05, 0) is 30.7 Å². The Morgan fingerprint density at radius 2 is 2.07 bits per heavy atom. The van der Waals surface area contributed by atoms with Crippen molar-refractivity contribution in [3.8, 4) is 28.7 Å². The van der Waals surface area contributed by atoms with E-state index in [1.807, 2.05) is 0 Å². The molecule has 0 saturated carbocycles. The Bertz CT molecular complexity index is 960. The molecule has 28 heavy (non-hydrogen) atoms. The second-order valence-corrected chi connectivity index (χ2v) is 6.11. The van der Waals surface area contributed by atoms with Crippen molar-refractivity contribution in [2.24, 2.45) is 0 Å². The highest BCUT2D eigenvalue weighted by molar-refractivity contribution is 5.71. The van der Waals surface area contributed by atoms with E-state index in [2.05, 4.69) is 6.58 Å². The van der Waals surface area contributed by atoms with E-state index in [4.69, 9.17) is 19.3 Å². The topological polar surface area (TPSA) is 105 Å². The van der Waals surface area contributed by atoms with Crippen molar-refractivity contribution in [1.82, 2.24) is 0 Å². The second-order valence-electron chi connectivity index (χ2n) is 6.11. The number of methoxy groups -OCH3 is 1. The number of aliphatic carboxylic acids is 1. The predicted octanol–water partition coefficient (Wildman–Crippen LogP) is 3.27. The van der Waals surface area contributed by atoms with Crippen LogP contribution in [0.5, 0.6) is 28.7 Å². The predicted molar refractivity (Wildman–Crippen MR) is 102 cm³/mol. The first-order valence-electron chi connectivity index (χ1n) is 8.53. The zero-order valence-corrected chi connectivity index (χ0v) is 15.3. The number of hydrogen-bond acceptors (Lipinski definition) is 6. The van der Waals surface area contributed by atoms with Crippen LogP contribution in [0.25, 0.3) is 5.76 Å². The molecule has 3 rings (SSSR count). The smallest absolute Gasteiger partial charge is 0.341 e. The molecule has 7 nitrogen and oxygen atoms in total. The zero-order chi connectivity index (χ0) is 20.3. The van der Waals surface area contributed by atoms with Crippen molar-refractivity contribution in [2.75, 3.05) is 13.7 Å². The van der Waals surface area contributed by atoms with Gasteiger partial charge >= 0.3 is 5.97 Å². The maximum Gasteiger partial charge on any atom is 0.341 e. The van der Waals surface area contributed by atoms with Crippen LogP contribution in [0.4, 0.5) is 0 Å². The van der Waals surface area contributed by atoms with Crippen LogP contribution >= 0.6 is 0 Å². The molecule has 2 aromatic carbocycles. The van der Waals surface area contributed by atoms with Gasteiger partial charge in [-0.3, -0.25) is 0 Å². The number of carbonyl (C=O) groups is 1. The van der Waals surface area contributed by atoms with Crippen molar-refractivity contribution in [2.45, 2.75) is 12.8 Å². The lowest BCUT2D eigenvalue weighted by Gasteiger charge is -2.22. The summed E-state index contributed by atoms with van der Waals surface area (Å²) in [5.74, 6) is 0.324. The number of aromatic hydroxyl groups is 2. The Morgan fingerprint density at radius 3 is 2.75 bits per heavy atom. The molecule has 1 heterocycles. The third kappa shape index (κ3) is 3.73. The van der Waals surface area contributed by atoms with Gasteiger partial charge in [-0.2, -0.15) is 0 Å². The first-order chi connectivity index (χ1) is 13.4. The van der Waals surface area contributed by atoms with E-state index < -0.39 is 12.6 Å². The second kappa shape index (κ2) is 7.96. The molecule has 146 valence electrons. The normalized spacial score (nSPS) is 12.4.